The predicted octanol–water partition coefficient (Wildman–Crippen LogP) is 3.19. The minimum absolute atomic E-state index is 0.101. The average molecular weight is 263 g/mol. The summed E-state index contributed by atoms with van der Waals surface area (Å²) in [4.78, 5) is 17.0. The van der Waals surface area contributed by atoms with Crippen molar-refractivity contribution in [1.82, 2.24) is 5.06 Å². The van der Waals surface area contributed by atoms with Gasteiger partial charge >= 0.3 is 0 Å². The molecule has 0 aromatic rings. The first-order valence-corrected chi connectivity index (χ1v) is 7.24. The summed E-state index contributed by atoms with van der Waals surface area (Å²) in [5.74, 6) is 2.12. The molecule has 2 rings (SSSR count). The Morgan fingerprint density at radius 3 is 2.53 bits per heavy atom. The Morgan fingerprint density at radius 2 is 2.05 bits per heavy atom. The minimum Gasteiger partial charge on any atom is -0.275 e. The Labute approximate surface area is 116 Å². The van der Waals surface area contributed by atoms with Crippen LogP contribution in [0.3, 0.4) is 0 Å². The van der Waals surface area contributed by atoms with Gasteiger partial charge in [-0.25, -0.2) is 5.06 Å². The van der Waals surface area contributed by atoms with Gasteiger partial charge in [0.25, 0.3) is 0 Å². The van der Waals surface area contributed by atoms with Crippen LogP contribution < -0.4 is 0 Å². The van der Waals surface area contributed by atoms with Crippen LogP contribution in [-0.2, 0) is 9.63 Å². The van der Waals surface area contributed by atoms with Crippen LogP contribution in [-0.4, -0.2) is 25.1 Å². The van der Waals surface area contributed by atoms with Gasteiger partial charge in [0, 0.05) is 13.0 Å². The smallest absolute Gasteiger partial charge is 0.249 e. The van der Waals surface area contributed by atoms with Crippen LogP contribution in [0, 0.1) is 23.7 Å². The van der Waals surface area contributed by atoms with E-state index in [1.165, 1.54) is 30.6 Å². The van der Waals surface area contributed by atoms with E-state index in [0.29, 0.717) is 11.8 Å². The van der Waals surface area contributed by atoms with Crippen molar-refractivity contribution in [2.45, 2.75) is 33.1 Å². The molecular formula is C16H25NO2. The zero-order valence-electron chi connectivity index (χ0n) is 12.4. The van der Waals surface area contributed by atoms with Crippen LogP contribution in [0.2, 0.25) is 0 Å². The Morgan fingerprint density at radius 1 is 1.32 bits per heavy atom. The zero-order valence-corrected chi connectivity index (χ0v) is 12.4. The largest absolute Gasteiger partial charge is 0.275 e. The molecule has 0 N–H and O–H groups in total. The van der Waals surface area contributed by atoms with E-state index < -0.39 is 0 Å². The molecule has 0 aliphatic heterocycles. The monoisotopic (exact) mass is 263 g/mol. The van der Waals surface area contributed by atoms with Crippen molar-refractivity contribution in [3.63, 3.8) is 0 Å². The third-order valence-electron chi connectivity index (χ3n) is 4.57. The summed E-state index contributed by atoms with van der Waals surface area (Å²) >= 11 is 0. The second kappa shape index (κ2) is 5.91. The molecular weight excluding hydrogens is 238 g/mol. The van der Waals surface area contributed by atoms with Crippen molar-refractivity contribution in [1.29, 1.82) is 0 Å². The van der Waals surface area contributed by atoms with E-state index in [9.17, 15) is 4.79 Å². The highest BCUT2D eigenvalue weighted by Crippen LogP contribution is 2.47. The van der Waals surface area contributed by atoms with Crippen molar-refractivity contribution in [3.8, 4) is 0 Å². The van der Waals surface area contributed by atoms with Crippen LogP contribution >= 0.6 is 0 Å². The van der Waals surface area contributed by atoms with E-state index >= 15 is 0 Å². The maximum absolute atomic E-state index is 12.0. The summed E-state index contributed by atoms with van der Waals surface area (Å²) in [6, 6.07) is 0. The topological polar surface area (TPSA) is 29.5 Å². The summed E-state index contributed by atoms with van der Waals surface area (Å²) in [6.07, 6.45) is 10.3. The fraction of sp³-hybridized carbons (Fsp3) is 0.688. The molecule has 2 aliphatic rings. The number of rotatable bonds is 5. The molecule has 4 unspecified atom stereocenters. The number of allylic oxidation sites excluding steroid dienone is 4. The summed E-state index contributed by atoms with van der Waals surface area (Å²) in [5.41, 5.74) is 1.35. The molecule has 0 saturated heterocycles. The van der Waals surface area contributed by atoms with Gasteiger partial charge in [-0.15, -0.1) is 0 Å². The van der Waals surface area contributed by atoms with Gasteiger partial charge in [-0.3, -0.25) is 9.63 Å². The first kappa shape index (κ1) is 14.3. The number of hydrogen-bond acceptors (Lipinski definition) is 2. The molecule has 2 fully saturated rings. The van der Waals surface area contributed by atoms with Gasteiger partial charge in [0.15, 0.2) is 0 Å². The average Bonchev–Trinajstić information content (AvgIpc) is 3.20. The third kappa shape index (κ3) is 3.08. The summed E-state index contributed by atoms with van der Waals surface area (Å²) < 4.78 is 0. The van der Waals surface area contributed by atoms with Crippen molar-refractivity contribution in [2.75, 3.05) is 14.2 Å². The Bertz CT molecular complexity index is 400. The minimum atomic E-state index is 0.101. The maximum atomic E-state index is 12.0. The second-order valence-electron chi connectivity index (χ2n) is 5.85. The number of amides is 1. The molecule has 0 spiro atoms. The molecule has 1 amide bonds. The normalized spacial score (nSPS) is 34.2. The van der Waals surface area contributed by atoms with Gasteiger partial charge in [-0.05, 0) is 49.5 Å². The first-order valence-electron chi connectivity index (χ1n) is 7.24. The van der Waals surface area contributed by atoms with Crippen LogP contribution in [0.25, 0.3) is 0 Å². The van der Waals surface area contributed by atoms with E-state index in [1.807, 2.05) is 6.92 Å². The van der Waals surface area contributed by atoms with Crippen LogP contribution in [0.1, 0.15) is 33.1 Å². The van der Waals surface area contributed by atoms with Gasteiger partial charge in [0.2, 0.25) is 5.91 Å². The zero-order chi connectivity index (χ0) is 14.0. The summed E-state index contributed by atoms with van der Waals surface area (Å²) in [7, 11) is 3.22. The summed E-state index contributed by atoms with van der Waals surface area (Å²) in [6.45, 7) is 4.35. The highest BCUT2D eigenvalue weighted by Gasteiger charge is 2.46. The third-order valence-corrected chi connectivity index (χ3v) is 4.57. The quantitative estimate of drug-likeness (QED) is 0.563. The number of hydroxylamine groups is 2. The fourth-order valence-corrected chi connectivity index (χ4v) is 2.84. The van der Waals surface area contributed by atoms with Crippen molar-refractivity contribution >= 4 is 5.91 Å². The number of nitrogens with zero attached hydrogens (tertiary/aromatic N) is 1. The first-order chi connectivity index (χ1) is 9.08. The lowest BCUT2D eigenvalue weighted by Gasteiger charge is -2.32. The summed E-state index contributed by atoms with van der Waals surface area (Å²) in [5, 5.41) is 1.35. The molecule has 0 aromatic heterocycles. The van der Waals surface area contributed by atoms with Crippen molar-refractivity contribution in [3.05, 3.63) is 23.8 Å². The Balaban J connectivity index is 2.01. The SMILES string of the molecule is C/C=C\C(=C/C1CCC1C)C1CC1C(=O)N(C)OC. The standard InChI is InChI=1S/C16H25NO2/c1-5-6-13(9-12-8-7-11(12)2)14-10-15(14)16(18)17(3)19-4/h5-6,9,11-12,14-15H,7-8,10H2,1-4H3/b6-5-,13-9+. The molecule has 2 aliphatic carbocycles. The van der Waals surface area contributed by atoms with E-state index in [0.717, 1.165) is 12.3 Å². The number of carbonyl (C=O) groups is 1. The predicted molar refractivity (Wildman–Crippen MR) is 76.2 cm³/mol. The highest BCUT2D eigenvalue weighted by atomic mass is 16.7. The Kier molecular flexibility index (Phi) is 4.46. The molecule has 2 saturated carbocycles. The van der Waals surface area contributed by atoms with Gasteiger partial charge in [-0.2, -0.15) is 0 Å². The number of carbonyl (C=O) groups excluding carboxylic acids is 1. The molecule has 4 atom stereocenters. The lowest BCUT2D eigenvalue weighted by molar-refractivity contribution is -0.170. The van der Waals surface area contributed by atoms with Gasteiger partial charge < -0.3 is 0 Å². The molecule has 3 heteroatoms. The van der Waals surface area contributed by atoms with E-state index in [2.05, 4.69) is 25.2 Å². The fourth-order valence-electron chi connectivity index (χ4n) is 2.84. The van der Waals surface area contributed by atoms with Crippen LogP contribution in [0.15, 0.2) is 23.8 Å². The lowest BCUT2D eigenvalue weighted by Crippen LogP contribution is -2.27. The second-order valence-corrected chi connectivity index (χ2v) is 5.85. The lowest BCUT2D eigenvalue weighted by atomic mass is 9.74. The van der Waals surface area contributed by atoms with E-state index in [1.54, 1.807) is 7.05 Å². The highest BCUT2D eigenvalue weighted by molar-refractivity contribution is 5.81. The van der Waals surface area contributed by atoms with Crippen LogP contribution in [0.5, 0.6) is 0 Å². The molecule has 0 heterocycles. The van der Waals surface area contributed by atoms with Gasteiger partial charge in [0.1, 0.15) is 0 Å². The Hall–Kier alpha value is -1.09. The number of hydrogen-bond donors (Lipinski definition) is 0. The van der Waals surface area contributed by atoms with Crippen LogP contribution in [0.4, 0.5) is 0 Å². The van der Waals surface area contributed by atoms with Gasteiger partial charge in [-0.1, -0.05) is 25.2 Å². The maximum Gasteiger partial charge on any atom is 0.249 e. The van der Waals surface area contributed by atoms with Crippen molar-refractivity contribution < 1.29 is 9.63 Å². The van der Waals surface area contributed by atoms with E-state index in [-0.39, 0.29) is 11.8 Å². The molecule has 0 radical (unpaired) electrons. The van der Waals surface area contributed by atoms with Gasteiger partial charge in [0.05, 0.1) is 7.11 Å². The molecule has 19 heavy (non-hydrogen) atoms. The molecule has 0 aromatic carbocycles. The van der Waals surface area contributed by atoms with E-state index in [4.69, 9.17) is 4.84 Å². The molecule has 3 nitrogen and oxygen atoms in total. The molecule has 0 bridgehead atoms. The van der Waals surface area contributed by atoms with Crippen molar-refractivity contribution in [2.24, 2.45) is 23.7 Å². The molecule has 106 valence electrons.